The van der Waals surface area contributed by atoms with Gasteiger partial charge in [-0.05, 0) is 18.6 Å². The molecule has 106 valence electrons. The second-order valence-electron chi connectivity index (χ2n) is 4.36. The lowest BCUT2D eigenvalue weighted by atomic mass is 10.1. The van der Waals surface area contributed by atoms with Crippen molar-refractivity contribution in [2.75, 3.05) is 7.11 Å². The Morgan fingerprint density at radius 2 is 2.15 bits per heavy atom. The van der Waals surface area contributed by atoms with Crippen LogP contribution in [0.1, 0.15) is 23.2 Å². The fourth-order valence-electron chi connectivity index (χ4n) is 1.88. The van der Waals surface area contributed by atoms with Gasteiger partial charge in [0.05, 0.1) is 7.11 Å². The molecule has 0 spiro atoms. The van der Waals surface area contributed by atoms with Crippen LogP contribution in [0.15, 0.2) is 18.2 Å². The summed E-state index contributed by atoms with van der Waals surface area (Å²) in [7, 11) is 1.36. The number of imide groups is 1. The summed E-state index contributed by atoms with van der Waals surface area (Å²) in [4.78, 5) is 34.5. The first-order chi connectivity index (χ1) is 9.49. The zero-order chi connectivity index (χ0) is 14.7. The first-order valence-corrected chi connectivity index (χ1v) is 5.98. The number of hydrogen-bond donors (Lipinski definition) is 2. The summed E-state index contributed by atoms with van der Waals surface area (Å²) in [5.74, 6) is -1.93. The van der Waals surface area contributed by atoms with Crippen molar-refractivity contribution in [1.29, 1.82) is 0 Å². The molecule has 1 saturated heterocycles. The van der Waals surface area contributed by atoms with Gasteiger partial charge in [-0.2, -0.15) is 0 Å². The highest BCUT2D eigenvalue weighted by atomic mass is 19.1. The molecule has 0 saturated carbocycles. The Kier molecular flexibility index (Phi) is 3.97. The molecular formula is C13H13FN2O4. The van der Waals surface area contributed by atoms with Gasteiger partial charge in [0, 0.05) is 18.1 Å². The van der Waals surface area contributed by atoms with Crippen LogP contribution in [-0.4, -0.2) is 30.9 Å². The summed E-state index contributed by atoms with van der Waals surface area (Å²) in [6, 6.07) is 2.76. The maximum Gasteiger partial charge on any atom is 0.252 e. The third-order valence-electron chi connectivity index (χ3n) is 2.91. The number of ether oxygens (including phenoxy) is 1. The Hall–Kier alpha value is -2.44. The highest BCUT2D eigenvalue weighted by molar-refractivity contribution is 6.03. The maximum absolute atomic E-state index is 13.3. The summed E-state index contributed by atoms with van der Waals surface area (Å²) >= 11 is 0. The Balaban J connectivity index is 2.10. The molecule has 1 unspecified atom stereocenters. The standard InChI is InChI=1S/C13H13FN2O4/c1-20-9-5-7(4-8(14)6-9)12(18)15-10-2-3-11(17)16-13(10)19/h4-6,10H,2-3H2,1H3,(H,15,18)(H,16,17,19). The molecule has 2 rings (SSSR count). The molecule has 6 nitrogen and oxygen atoms in total. The number of benzene rings is 1. The normalized spacial score (nSPS) is 18.4. The minimum Gasteiger partial charge on any atom is -0.497 e. The first-order valence-electron chi connectivity index (χ1n) is 5.98. The van der Waals surface area contributed by atoms with Crippen LogP contribution in [0.5, 0.6) is 5.75 Å². The number of methoxy groups -OCH3 is 1. The molecule has 0 radical (unpaired) electrons. The van der Waals surface area contributed by atoms with E-state index in [0.29, 0.717) is 0 Å². The third-order valence-corrected chi connectivity index (χ3v) is 2.91. The fourth-order valence-corrected chi connectivity index (χ4v) is 1.88. The van der Waals surface area contributed by atoms with Gasteiger partial charge in [-0.1, -0.05) is 0 Å². The smallest absolute Gasteiger partial charge is 0.252 e. The van der Waals surface area contributed by atoms with Crippen LogP contribution in [0.25, 0.3) is 0 Å². The van der Waals surface area contributed by atoms with E-state index in [4.69, 9.17) is 4.74 Å². The summed E-state index contributed by atoms with van der Waals surface area (Å²) in [6.45, 7) is 0. The molecule has 1 aromatic carbocycles. The lowest BCUT2D eigenvalue weighted by Crippen LogP contribution is -2.52. The number of halogens is 1. The zero-order valence-electron chi connectivity index (χ0n) is 10.7. The predicted octanol–water partition coefficient (Wildman–Crippen LogP) is 0.369. The van der Waals surface area contributed by atoms with E-state index in [1.54, 1.807) is 0 Å². The Labute approximate surface area is 114 Å². The summed E-state index contributed by atoms with van der Waals surface area (Å²) < 4.78 is 18.2. The van der Waals surface area contributed by atoms with Gasteiger partial charge in [-0.15, -0.1) is 0 Å². The summed E-state index contributed by atoms with van der Waals surface area (Å²) in [5, 5.41) is 4.59. The van der Waals surface area contributed by atoms with Crippen molar-refractivity contribution in [2.24, 2.45) is 0 Å². The molecular weight excluding hydrogens is 267 g/mol. The second-order valence-corrected chi connectivity index (χ2v) is 4.36. The number of amides is 3. The van der Waals surface area contributed by atoms with E-state index in [9.17, 15) is 18.8 Å². The van der Waals surface area contributed by atoms with Gasteiger partial charge in [0.25, 0.3) is 5.91 Å². The van der Waals surface area contributed by atoms with E-state index in [1.807, 2.05) is 0 Å². The SMILES string of the molecule is COc1cc(F)cc(C(=O)NC2CCC(=O)NC2=O)c1. The minimum atomic E-state index is -0.797. The molecule has 0 aromatic heterocycles. The number of piperidine rings is 1. The van der Waals surface area contributed by atoms with Gasteiger partial charge in [0.1, 0.15) is 17.6 Å². The average Bonchev–Trinajstić information content (AvgIpc) is 2.41. The molecule has 0 aliphatic carbocycles. The Bertz CT molecular complexity index is 573. The third kappa shape index (κ3) is 3.11. The van der Waals surface area contributed by atoms with Gasteiger partial charge < -0.3 is 10.1 Å². The number of carbonyl (C=O) groups excluding carboxylic acids is 3. The average molecular weight is 280 g/mol. The molecule has 3 amide bonds. The van der Waals surface area contributed by atoms with Crippen LogP contribution in [-0.2, 0) is 9.59 Å². The number of nitrogens with one attached hydrogen (secondary N) is 2. The monoisotopic (exact) mass is 280 g/mol. The maximum atomic E-state index is 13.3. The fraction of sp³-hybridized carbons (Fsp3) is 0.308. The van der Waals surface area contributed by atoms with Crippen molar-refractivity contribution in [2.45, 2.75) is 18.9 Å². The van der Waals surface area contributed by atoms with Crippen LogP contribution < -0.4 is 15.4 Å². The largest absolute Gasteiger partial charge is 0.497 e. The van der Waals surface area contributed by atoms with E-state index in [0.717, 1.165) is 12.1 Å². The molecule has 2 N–H and O–H groups in total. The quantitative estimate of drug-likeness (QED) is 0.783. The van der Waals surface area contributed by atoms with Crippen LogP contribution in [0.4, 0.5) is 4.39 Å². The summed E-state index contributed by atoms with van der Waals surface area (Å²) in [5.41, 5.74) is 0.0477. The van der Waals surface area contributed by atoms with Gasteiger partial charge in [0.2, 0.25) is 11.8 Å². The molecule has 0 bridgehead atoms. The Morgan fingerprint density at radius 1 is 1.40 bits per heavy atom. The molecule has 1 fully saturated rings. The van der Waals surface area contributed by atoms with Gasteiger partial charge in [-0.25, -0.2) is 4.39 Å². The second kappa shape index (κ2) is 5.68. The summed E-state index contributed by atoms with van der Waals surface area (Å²) in [6.07, 6.45) is 0.381. The number of carbonyl (C=O) groups is 3. The number of rotatable bonds is 3. The van der Waals surface area contributed by atoms with Crippen LogP contribution in [0.3, 0.4) is 0 Å². The topological polar surface area (TPSA) is 84.5 Å². The van der Waals surface area contributed by atoms with Crippen LogP contribution in [0.2, 0.25) is 0 Å². The van der Waals surface area contributed by atoms with Crippen molar-refractivity contribution in [3.8, 4) is 5.75 Å². The number of hydrogen-bond acceptors (Lipinski definition) is 4. The molecule has 1 aromatic rings. The molecule has 1 heterocycles. The van der Waals surface area contributed by atoms with Gasteiger partial charge in [0.15, 0.2) is 0 Å². The van der Waals surface area contributed by atoms with Gasteiger partial charge in [-0.3, -0.25) is 19.7 Å². The van der Waals surface area contributed by atoms with Crippen molar-refractivity contribution < 1.29 is 23.5 Å². The zero-order valence-corrected chi connectivity index (χ0v) is 10.7. The minimum absolute atomic E-state index is 0.0477. The lowest BCUT2D eigenvalue weighted by molar-refractivity contribution is -0.134. The van der Waals surface area contributed by atoms with Crippen LogP contribution in [0, 0.1) is 5.82 Å². The van der Waals surface area contributed by atoms with Crippen molar-refractivity contribution >= 4 is 17.7 Å². The van der Waals surface area contributed by atoms with Crippen molar-refractivity contribution in [1.82, 2.24) is 10.6 Å². The molecule has 1 aliphatic heterocycles. The highest BCUT2D eigenvalue weighted by Gasteiger charge is 2.28. The highest BCUT2D eigenvalue weighted by Crippen LogP contribution is 2.16. The van der Waals surface area contributed by atoms with Crippen molar-refractivity contribution in [3.63, 3.8) is 0 Å². The molecule has 20 heavy (non-hydrogen) atoms. The van der Waals surface area contributed by atoms with Crippen LogP contribution >= 0.6 is 0 Å². The molecule has 7 heteroatoms. The molecule has 1 aliphatic rings. The molecule has 1 atom stereocenters. The van der Waals surface area contributed by atoms with Crippen molar-refractivity contribution in [3.05, 3.63) is 29.6 Å². The van der Waals surface area contributed by atoms with E-state index in [2.05, 4.69) is 10.6 Å². The van der Waals surface area contributed by atoms with E-state index in [-0.39, 0.29) is 30.1 Å². The first kappa shape index (κ1) is 14.0. The predicted molar refractivity (Wildman–Crippen MR) is 66.6 cm³/mol. The van der Waals surface area contributed by atoms with Gasteiger partial charge >= 0.3 is 0 Å². The van der Waals surface area contributed by atoms with E-state index >= 15 is 0 Å². The van der Waals surface area contributed by atoms with E-state index < -0.39 is 23.7 Å². The lowest BCUT2D eigenvalue weighted by Gasteiger charge is -2.21. The van der Waals surface area contributed by atoms with E-state index in [1.165, 1.54) is 13.2 Å². The Morgan fingerprint density at radius 3 is 2.80 bits per heavy atom.